The second-order valence-electron chi connectivity index (χ2n) is 5.65. The summed E-state index contributed by atoms with van der Waals surface area (Å²) in [6.07, 6.45) is 5.32. The molecular formula is C15H25N3O2S. The van der Waals surface area contributed by atoms with Gasteiger partial charge in [-0.1, -0.05) is 19.8 Å². The number of carbonyl (C=O) groups excluding carboxylic acids is 1. The van der Waals surface area contributed by atoms with Crippen molar-refractivity contribution in [3.8, 4) is 0 Å². The van der Waals surface area contributed by atoms with E-state index in [9.17, 15) is 4.79 Å². The van der Waals surface area contributed by atoms with Crippen LogP contribution >= 0.6 is 11.5 Å². The lowest BCUT2D eigenvalue weighted by atomic mass is 9.88. The molecule has 0 radical (unpaired) electrons. The van der Waals surface area contributed by atoms with Crippen molar-refractivity contribution in [2.75, 3.05) is 25.5 Å². The molecule has 1 saturated carbocycles. The van der Waals surface area contributed by atoms with Crippen LogP contribution in [0.3, 0.4) is 0 Å². The molecule has 0 saturated heterocycles. The Morgan fingerprint density at radius 1 is 1.43 bits per heavy atom. The van der Waals surface area contributed by atoms with Gasteiger partial charge in [-0.05, 0) is 37.2 Å². The second kappa shape index (κ2) is 7.75. The Hall–Kier alpha value is -1.14. The van der Waals surface area contributed by atoms with E-state index in [1.54, 1.807) is 7.05 Å². The van der Waals surface area contributed by atoms with E-state index >= 15 is 0 Å². The van der Waals surface area contributed by atoms with Crippen LogP contribution < -0.4 is 10.6 Å². The number of hydrogen-bond acceptors (Lipinski definition) is 5. The summed E-state index contributed by atoms with van der Waals surface area (Å²) in [6, 6.07) is 0. The van der Waals surface area contributed by atoms with E-state index in [4.69, 9.17) is 4.74 Å². The number of aryl methyl sites for hydroxylation is 1. The number of nitrogens with zero attached hydrogens (tertiary/aromatic N) is 1. The maximum absolute atomic E-state index is 12.2. The van der Waals surface area contributed by atoms with Gasteiger partial charge in [0.05, 0.1) is 24.0 Å². The standard InChI is InChI=1S/C15H25N3O2S/c1-10-6-4-5-7-12(10)20-9-8-17-14(19)13-11(2)18-21-15(13)16-3/h10,12,16H,4-9H2,1-3H3,(H,17,19). The van der Waals surface area contributed by atoms with Crippen LogP contribution in [0.5, 0.6) is 0 Å². The minimum Gasteiger partial charge on any atom is -0.378 e. The number of anilines is 1. The molecule has 1 aliphatic rings. The first-order valence-electron chi connectivity index (χ1n) is 7.67. The lowest BCUT2D eigenvalue weighted by Gasteiger charge is -2.28. The summed E-state index contributed by atoms with van der Waals surface area (Å²) in [5.41, 5.74) is 1.41. The minimum atomic E-state index is -0.0779. The quantitative estimate of drug-likeness (QED) is 0.793. The van der Waals surface area contributed by atoms with Crippen molar-refractivity contribution >= 4 is 22.4 Å². The fourth-order valence-electron chi connectivity index (χ4n) is 2.80. The molecule has 0 aromatic carbocycles. The van der Waals surface area contributed by atoms with Crippen LogP contribution in [0.15, 0.2) is 0 Å². The monoisotopic (exact) mass is 311 g/mol. The first-order valence-corrected chi connectivity index (χ1v) is 8.44. The van der Waals surface area contributed by atoms with Gasteiger partial charge in [-0.3, -0.25) is 4.79 Å². The van der Waals surface area contributed by atoms with E-state index in [0.29, 0.717) is 30.7 Å². The van der Waals surface area contributed by atoms with Crippen LogP contribution in [0, 0.1) is 12.8 Å². The summed E-state index contributed by atoms with van der Waals surface area (Å²) in [7, 11) is 1.80. The summed E-state index contributed by atoms with van der Waals surface area (Å²) in [6.45, 7) is 5.22. The van der Waals surface area contributed by atoms with Crippen molar-refractivity contribution in [2.24, 2.45) is 5.92 Å². The van der Waals surface area contributed by atoms with E-state index in [1.165, 1.54) is 30.8 Å². The Kier molecular flexibility index (Phi) is 5.99. The number of carbonyl (C=O) groups is 1. The normalized spacial score (nSPS) is 22.0. The van der Waals surface area contributed by atoms with Crippen LogP contribution in [-0.4, -0.2) is 36.6 Å². The summed E-state index contributed by atoms with van der Waals surface area (Å²) in [4.78, 5) is 12.2. The lowest BCUT2D eigenvalue weighted by molar-refractivity contribution is -0.00293. The van der Waals surface area contributed by atoms with Crippen LogP contribution in [0.2, 0.25) is 0 Å². The third-order valence-electron chi connectivity index (χ3n) is 4.07. The van der Waals surface area contributed by atoms with Gasteiger partial charge < -0.3 is 15.4 Å². The Morgan fingerprint density at radius 3 is 2.90 bits per heavy atom. The Balaban J connectivity index is 1.75. The topological polar surface area (TPSA) is 63.2 Å². The molecule has 5 nitrogen and oxygen atoms in total. The van der Waals surface area contributed by atoms with Gasteiger partial charge in [0, 0.05) is 13.6 Å². The van der Waals surface area contributed by atoms with Gasteiger partial charge in [-0.25, -0.2) is 0 Å². The first kappa shape index (κ1) is 16.2. The zero-order chi connectivity index (χ0) is 15.2. The molecular weight excluding hydrogens is 286 g/mol. The van der Waals surface area contributed by atoms with E-state index in [2.05, 4.69) is 21.9 Å². The molecule has 0 aliphatic heterocycles. The smallest absolute Gasteiger partial charge is 0.256 e. The van der Waals surface area contributed by atoms with Crippen LogP contribution in [0.1, 0.15) is 48.7 Å². The molecule has 2 N–H and O–H groups in total. The number of aromatic nitrogens is 1. The first-order chi connectivity index (χ1) is 10.1. The van der Waals surface area contributed by atoms with Gasteiger partial charge in [0.1, 0.15) is 5.00 Å². The molecule has 2 rings (SSSR count). The molecule has 1 fully saturated rings. The Bertz CT molecular complexity index is 475. The van der Waals surface area contributed by atoms with E-state index < -0.39 is 0 Å². The molecule has 1 aromatic rings. The summed E-state index contributed by atoms with van der Waals surface area (Å²) < 4.78 is 10.1. The van der Waals surface area contributed by atoms with Crippen LogP contribution in [0.25, 0.3) is 0 Å². The highest BCUT2D eigenvalue weighted by molar-refractivity contribution is 7.10. The maximum Gasteiger partial charge on any atom is 0.256 e. The van der Waals surface area contributed by atoms with Crippen molar-refractivity contribution in [2.45, 2.75) is 45.6 Å². The molecule has 0 spiro atoms. The third kappa shape index (κ3) is 4.17. The highest BCUT2D eigenvalue weighted by Crippen LogP contribution is 2.26. The lowest BCUT2D eigenvalue weighted by Crippen LogP contribution is -2.32. The Labute approximate surface area is 130 Å². The number of hydrogen-bond donors (Lipinski definition) is 2. The molecule has 1 aromatic heterocycles. The van der Waals surface area contributed by atoms with Gasteiger partial charge in [-0.15, -0.1) is 0 Å². The molecule has 1 amide bonds. The van der Waals surface area contributed by atoms with Crippen LogP contribution in [0.4, 0.5) is 5.00 Å². The largest absolute Gasteiger partial charge is 0.378 e. The summed E-state index contributed by atoms with van der Waals surface area (Å²) >= 11 is 1.31. The average Bonchev–Trinajstić information content (AvgIpc) is 2.86. The van der Waals surface area contributed by atoms with Crippen molar-refractivity contribution in [1.29, 1.82) is 0 Å². The van der Waals surface area contributed by atoms with Crippen LogP contribution in [-0.2, 0) is 4.74 Å². The number of ether oxygens (including phenoxy) is 1. The third-order valence-corrected chi connectivity index (χ3v) is 5.03. The zero-order valence-electron chi connectivity index (χ0n) is 13.1. The maximum atomic E-state index is 12.2. The van der Waals surface area contributed by atoms with E-state index in [-0.39, 0.29) is 5.91 Å². The van der Waals surface area contributed by atoms with Crippen molar-refractivity contribution in [3.05, 3.63) is 11.3 Å². The molecule has 118 valence electrons. The summed E-state index contributed by atoms with van der Waals surface area (Å²) in [5.74, 6) is 0.555. The Morgan fingerprint density at radius 2 is 2.19 bits per heavy atom. The number of rotatable bonds is 6. The fourth-order valence-corrected chi connectivity index (χ4v) is 3.54. The van der Waals surface area contributed by atoms with Gasteiger partial charge in [0.15, 0.2) is 0 Å². The SMILES string of the molecule is CNc1snc(C)c1C(=O)NCCOC1CCCCC1C. The predicted molar refractivity (Wildman–Crippen MR) is 86.1 cm³/mol. The molecule has 0 bridgehead atoms. The molecule has 2 unspecified atom stereocenters. The van der Waals surface area contributed by atoms with Gasteiger partial charge in [0.25, 0.3) is 5.91 Å². The van der Waals surface area contributed by atoms with Gasteiger partial charge in [0.2, 0.25) is 0 Å². The van der Waals surface area contributed by atoms with Crippen molar-refractivity contribution < 1.29 is 9.53 Å². The number of nitrogens with one attached hydrogen (secondary N) is 2. The average molecular weight is 311 g/mol. The van der Waals surface area contributed by atoms with Crippen molar-refractivity contribution in [1.82, 2.24) is 9.69 Å². The molecule has 21 heavy (non-hydrogen) atoms. The molecule has 1 aliphatic carbocycles. The highest BCUT2D eigenvalue weighted by Gasteiger charge is 2.22. The highest BCUT2D eigenvalue weighted by atomic mass is 32.1. The second-order valence-corrected chi connectivity index (χ2v) is 6.42. The van der Waals surface area contributed by atoms with Gasteiger partial charge in [-0.2, -0.15) is 4.37 Å². The fraction of sp³-hybridized carbons (Fsp3) is 0.733. The zero-order valence-corrected chi connectivity index (χ0v) is 13.9. The minimum absolute atomic E-state index is 0.0779. The summed E-state index contributed by atoms with van der Waals surface area (Å²) in [5, 5.41) is 6.74. The molecule has 2 atom stereocenters. The van der Waals surface area contributed by atoms with Gasteiger partial charge >= 0.3 is 0 Å². The number of amides is 1. The van der Waals surface area contributed by atoms with Crippen molar-refractivity contribution in [3.63, 3.8) is 0 Å². The predicted octanol–water partition coefficient (Wildman–Crippen LogP) is 2.82. The molecule has 6 heteroatoms. The van der Waals surface area contributed by atoms with E-state index in [1.807, 2.05) is 6.92 Å². The molecule has 1 heterocycles. The van der Waals surface area contributed by atoms with E-state index in [0.717, 1.165) is 17.1 Å².